The largest absolute Gasteiger partial charge is 0.418 e. The number of aryl methyl sites for hydroxylation is 1. The van der Waals surface area contributed by atoms with Crippen molar-refractivity contribution in [1.29, 1.82) is 0 Å². The van der Waals surface area contributed by atoms with E-state index >= 15 is 0 Å². The summed E-state index contributed by atoms with van der Waals surface area (Å²) < 4.78 is 42.3. The fourth-order valence-corrected chi connectivity index (χ4v) is 4.44. The Labute approximate surface area is 171 Å². The molecule has 1 aliphatic carbocycles. The van der Waals surface area contributed by atoms with Crippen LogP contribution in [0, 0.1) is 0 Å². The van der Waals surface area contributed by atoms with Crippen LogP contribution in [0.2, 0.25) is 0 Å². The number of hydrogen-bond donors (Lipinski definition) is 0. The lowest BCUT2D eigenvalue weighted by Crippen LogP contribution is -2.07. The molecule has 0 N–H and O–H groups in total. The fraction of sp³-hybridized carbons (Fsp3) is 0.348. The SMILES string of the molecule is Cn1cc2cc(-c3ccc4nc(C5CCCCC5)cnc4c3)cc(C(F)(F)F)c2n1. The van der Waals surface area contributed by atoms with Gasteiger partial charge < -0.3 is 0 Å². The maximum absolute atomic E-state index is 13.6. The second kappa shape index (κ2) is 7.07. The van der Waals surface area contributed by atoms with E-state index in [4.69, 9.17) is 4.98 Å². The highest BCUT2D eigenvalue weighted by Gasteiger charge is 2.34. The molecule has 5 rings (SSSR count). The van der Waals surface area contributed by atoms with Gasteiger partial charge in [0.25, 0.3) is 0 Å². The van der Waals surface area contributed by atoms with Crippen molar-refractivity contribution in [3.63, 3.8) is 0 Å². The van der Waals surface area contributed by atoms with Crippen molar-refractivity contribution in [2.24, 2.45) is 7.05 Å². The van der Waals surface area contributed by atoms with E-state index in [9.17, 15) is 13.2 Å². The predicted molar refractivity (Wildman–Crippen MR) is 110 cm³/mol. The quantitative estimate of drug-likeness (QED) is 0.392. The maximum atomic E-state index is 13.6. The number of nitrogens with zero attached hydrogens (tertiary/aromatic N) is 4. The number of aromatic nitrogens is 4. The Hall–Kier alpha value is -2.96. The highest BCUT2D eigenvalue weighted by Crippen LogP contribution is 2.38. The summed E-state index contributed by atoms with van der Waals surface area (Å²) in [6.45, 7) is 0. The monoisotopic (exact) mass is 410 g/mol. The molecule has 0 radical (unpaired) electrons. The van der Waals surface area contributed by atoms with Crippen molar-refractivity contribution in [3.05, 3.63) is 54.0 Å². The van der Waals surface area contributed by atoms with Crippen LogP contribution in [-0.4, -0.2) is 19.7 Å². The van der Waals surface area contributed by atoms with E-state index < -0.39 is 11.7 Å². The molecule has 1 saturated carbocycles. The molecule has 2 aromatic heterocycles. The van der Waals surface area contributed by atoms with Gasteiger partial charge in [-0.1, -0.05) is 25.3 Å². The average Bonchev–Trinajstić information content (AvgIpc) is 3.12. The number of rotatable bonds is 2. The Morgan fingerprint density at radius 2 is 1.77 bits per heavy atom. The van der Waals surface area contributed by atoms with Crippen molar-refractivity contribution in [3.8, 4) is 11.1 Å². The molecule has 7 heteroatoms. The molecule has 1 aliphatic rings. The van der Waals surface area contributed by atoms with Gasteiger partial charge in [0.1, 0.15) is 5.52 Å². The third kappa shape index (κ3) is 3.42. The van der Waals surface area contributed by atoms with Crippen molar-refractivity contribution in [2.75, 3.05) is 0 Å². The average molecular weight is 410 g/mol. The van der Waals surface area contributed by atoms with E-state index in [0.717, 1.165) is 24.1 Å². The van der Waals surface area contributed by atoms with Crippen LogP contribution >= 0.6 is 0 Å². The smallest absolute Gasteiger partial charge is 0.275 e. The van der Waals surface area contributed by atoms with Gasteiger partial charge in [-0.05, 0) is 48.2 Å². The van der Waals surface area contributed by atoms with Gasteiger partial charge in [0, 0.05) is 30.7 Å². The van der Waals surface area contributed by atoms with Gasteiger partial charge >= 0.3 is 6.18 Å². The number of benzene rings is 2. The first-order valence-corrected chi connectivity index (χ1v) is 10.2. The van der Waals surface area contributed by atoms with E-state index in [0.29, 0.717) is 27.9 Å². The van der Waals surface area contributed by atoms with Crippen LogP contribution < -0.4 is 0 Å². The van der Waals surface area contributed by atoms with Crippen LogP contribution in [0.15, 0.2) is 42.7 Å². The maximum Gasteiger partial charge on any atom is 0.418 e. The van der Waals surface area contributed by atoms with Crippen molar-refractivity contribution in [2.45, 2.75) is 44.2 Å². The Morgan fingerprint density at radius 3 is 2.53 bits per heavy atom. The number of fused-ring (bicyclic) bond motifs is 2. The minimum absolute atomic E-state index is 0.0357. The number of halogens is 3. The van der Waals surface area contributed by atoms with Crippen LogP contribution in [0.4, 0.5) is 13.2 Å². The summed E-state index contributed by atoms with van der Waals surface area (Å²) >= 11 is 0. The van der Waals surface area contributed by atoms with Gasteiger partial charge in [0.15, 0.2) is 0 Å². The standard InChI is InChI=1S/C23H21F3N4/c1-30-13-17-9-16(10-18(22(17)29-30)23(24,25)26)15-7-8-19-20(11-15)27-12-21(28-19)14-5-3-2-4-6-14/h7-14H,2-6H2,1H3. The molecule has 30 heavy (non-hydrogen) atoms. The van der Waals surface area contributed by atoms with Gasteiger partial charge in [-0.25, -0.2) is 4.98 Å². The molecule has 154 valence electrons. The van der Waals surface area contributed by atoms with Crippen LogP contribution in [0.3, 0.4) is 0 Å². The van der Waals surface area contributed by atoms with Crippen molar-refractivity contribution in [1.82, 2.24) is 19.7 Å². The molecule has 0 amide bonds. The van der Waals surface area contributed by atoms with E-state index in [-0.39, 0.29) is 5.52 Å². The van der Waals surface area contributed by atoms with Gasteiger partial charge in [0.05, 0.1) is 22.3 Å². The second-order valence-corrected chi connectivity index (χ2v) is 8.10. The normalized spacial score (nSPS) is 15.9. The lowest BCUT2D eigenvalue weighted by molar-refractivity contribution is -0.136. The van der Waals surface area contributed by atoms with E-state index in [2.05, 4.69) is 10.1 Å². The predicted octanol–water partition coefficient (Wildman–Crippen LogP) is 6.25. The Morgan fingerprint density at radius 1 is 0.967 bits per heavy atom. The zero-order valence-electron chi connectivity index (χ0n) is 16.6. The molecule has 0 bridgehead atoms. The third-order valence-electron chi connectivity index (χ3n) is 5.95. The van der Waals surface area contributed by atoms with Crippen molar-refractivity contribution >= 4 is 21.9 Å². The molecule has 0 aliphatic heterocycles. The molecule has 1 fully saturated rings. The highest BCUT2D eigenvalue weighted by molar-refractivity contribution is 5.89. The van der Waals surface area contributed by atoms with E-state index in [1.807, 2.05) is 24.4 Å². The summed E-state index contributed by atoms with van der Waals surface area (Å²) in [6, 6.07) is 8.39. The van der Waals surface area contributed by atoms with Crippen LogP contribution in [0.5, 0.6) is 0 Å². The lowest BCUT2D eigenvalue weighted by atomic mass is 9.87. The van der Waals surface area contributed by atoms with Gasteiger partial charge in [-0.3, -0.25) is 9.67 Å². The summed E-state index contributed by atoms with van der Waals surface area (Å²) in [5.41, 5.74) is 2.89. The first-order chi connectivity index (χ1) is 14.4. The fourth-order valence-electron chi connectivity index (χ4n) is 4.44. The first kappa shape index (κ1) is 19.0. The summed E-state index contributed by atoms with van der Waals surface area (Å²) in [5, 5.41) is 4.45. The molecule has 0 saturated heterocycles. The molecular formula is C23H21F3N4. The molecule has 4 nitrogen and oxygen atoms in total. The highest BCUT2D eigenvalue weighted by atomic mass is 19.4. The van der Waals surface area contributed by atoms with Crippen LogP contribution in [-0.2, 0) is 13.2 Å². The summed E-state index contributed by atoms with van der Waals surface area (Å²) in [7, 11) is 1.62. The topological polar surface area (TPSA) is 43.6 Å². The second-order valence-electron chi connectivity index (χ2n) is 8.10. The number of hydrogen-bond acceptors (Lipinski definition) is 3. The molecule has 4 aromatic rings. The summed E-state index contributed by atoms with van der Waals surface area (Å²) in [6.07, 6.45) is 4.96. The molecule has 0 atom stereocenters. The zero-order chi connectivity index (χ0) is 20.9. The van der Waals surface area contributed by atoms with Crippen molar-refractivity contribution < 1.29 is 13.2 Å². The Kier molecular flexibility index (Phi) is 4.49. The summed E-state index contributed by atoms with van der Waals surface area (Å²) in [4.78, 5) is 9.37. The minimum atomic E-state index is -4.48. The molecular weight excluding hydrogens is 389 g/mol. The Balaban J connectivity index is 1.58. The third-order valence-corrected chi connectivity index (χ3v) is 5.95. The molecule has 0 spiro atoms. The summed E-state index contributed by atoms with van der Waals surface area (Å²) in [5.74, 6) is 0.456. The molecule has 0 unspecified atom stereocenters. The minimum Gasteiger partial charge on any atom is -0.275 e. The van der Waals surface area contributed by atoms with E-state index in [1.165, 1.54) is 30.0 Å². The number of alkyl halides is 3. The zero-order valence-corrected chi connectivity index (χ0v) is 16.6. The van der Waals surface area contributed by atoms with Crippen LogP contribution in [0.25, 0.3) is 33.1 Å². The Bertz CT molecular complexity index is 1240. The lowest BCUT2D eigenvalue weighted by Gasteiger charge is -2.20. The molecule has 2 aromatic carbocycles. The van der Waals surface area contributed by atoms with Gasteiger partial charge in [-0.2, -0.15) is 18.3 Å². The van der Waals surface area contributed by atoms with Crippen LogP contribution in [0.1, 0.15) is 49.3 Å². The first-order valence-electron chi connectivity index (χ1n) is 10.2. The molecule has 2 heterocycles. The van der Waals surface area contributed by atoms with Gasteiger partial charge in [-0.15, -0.1) is 0 Å². The van der Waals surface area contributed by atoms with Gasteiger partial charge in [0.2, 0.25) is 0 Å². The van der Waals surface area contributed by atoms with E-state index in [1.54, 1.807) is 19.3 Å².